The van der Waals surface area contributed by atoms with Crippen LogP contribution in [0.3, 0.4) is 0 Å². The summed E-state index contributed by atoms with van der Waals surface area (Å²) in [4.78, 5) is 4.69. The van der Waals surface area contributed by atoms with Gasteiger partial charge in [0.05, 0.1) is 22.7 Å². The molecule has 1 atom stereocenters. The molecule has 1 aliphatic rings. The van der Waals surface area contributed by atoms with Crippen LogP contribution in [0.5, 0.6) is 0 Å². The highest BCUT2D eigenvalue weighted by Crippen LogP contribution is 2.39. The summed E-state index contributed by atoms with van der Waals surface area (Å²) in [5.41, 5.74) is 2.06. The number of aromatic nitrogens is 2. The molecule has 0 amide bonds. The summed E-state index contributed by atoms with van der Waals surface area (Å²) in [5.74, 6) is 0.969. The summed E-state index contributed by atoms with van der Waals surface area (Å²) in [6, 6.07) is 8.15. The van der Waals surface area contributed by atoms with E-state index in [9.17, 15) is 5.11 Å². The molecular weight excluding hydrogens is 264 g/mol. The van der Waals surface area contributed by atoms with Crippen molar-refractivity contribution in [2.24, 2.45) is 0 Å². The molecule has 0 spiro atoms. The van der Waals surface area contributed by atoms with Crippen LogP contribution in [0.15, 0.2) is 24.3 Å². The number of imidazole rings is 1. The van der Waals surface area contributed by atoms with Gasteiger partial charge in [0.15, 0.2) is 0 Å². The van der Waals surface area contributed by atoms with Gasteiger partial charge in [-0.25, -0.2) is 4.98 Å². The normalized spacial score (nSPS) is 18.6. The molecule has 21 heavy (non-hydrogen) atoms. The molecule has 0 bridgehead atoms. The molecule has 0 aliphatic heterocycles. The molecule has 114 valence electrons. The molecule has 1 aromatic carbocycles. The third-order valence-corrected chi connectivity index (χ3v) is 4.77. The molecule has 1 fully saturated rings. The topological polar surface area (TPSA) is 47.3 Å². The van der Waals surface area contributed by atoms with E-state index >= 15 is 0 Å². The van der Waals surface area contributed by atoms with Crippen molar-refractivity contribution in [3.63, 3.8) is 0 Å². The van der Waals surface area contributed by atoms with Crippen LogP contribution in [0.1, 0.15) is 38.4 Å². The average molecular weight is 288 g/mol. The van der Waals surface area contributed by atoms with E-state index in [4.69, 9.17) is 4.74 Å². The number of hydrogen-bond donors (Lipinski definition) is 1. The maximum Gasteiger partial charge on any atom is 0.112 e. The minimum atomic E-state index is -0.396. The number of benzene rings is 1. The Bertz CT molecular complexity index is 611. The Balaban J connectivity index is 1.78. The summed E-state index contributed by atoms with van der Waals surface area (Å²) < 4.78 is 7.80. The molecule has 4 nitrogen and oxygen atoms in total. The van der Waals surface area contributed by atoms with Crippen LogP contribution in [0.25, 0.3) is 11.0 Å². The molecule has 4 heteroatoms. The van der Waals surface area contributed by atoms with E-state index in [0.717, 1.165) is 36.2 Å². The Morgan fingerprint density at radius 1 is 1.38 bits per heavy atom. The molecule has 1 aliphatic carbocycles. The first-order valence-electron chi connectivity index (χ1n) is 7.85. The van der Waals surface area contributed by atoms with Crippen LogP contribution >= 0.6 is 0 Å². The lowest BCUT2D eigenvalue weighted by Gasteiger charge is -2.41. The van der Waals surface area contributed by atoms with Gasteiger partial charge in [-0.15, -0.1) is 0 Å². The number of aryl methyl sites for hydroxylation is 1. The average Bonchev–Trinajstić information content (AvgIpc) is 2.79. The van der Waals surface area contributed by atoms with Gasteiger partial charge < -0.3 is 14.4 Å². The zero-order valence-electron chi connectivity index (χ0n) is 12.9. The van der Waals surface area contributed by atoms with Gasteiger partial charge in [0.2, 0.25) is 0 Å². The van der Waals surface area contributed by atoms with Crippen molar-refractivity contribution in [2.75, 3.05) is 7.11 Å². The molecule has 1 N–H and O–H groups in total. The number of ether oxygens (including phenoxy) is 1. The zero-order valence-corrected chi connectivity index (χ0v) is 12.9. The summed E-state index contributed by atoms with van der Waals surface area (Å²) in [6.07, 6.45) is 4.22. The van der Waals surface area contributed by atoms with Crippen molar-refractivity contribution in [2.45, 2.75) is 57.3 Å². The fourth-order valence-corrected chi connectivity index (χ4v) is 3.41. The number of methoxy groups -OCH3 is 1. The minimum absolute atomic E-state index is 0.0948. The number of aliphatic hydroxyl groups is 1. The van der Waals surface area contributed by atoms with Crippen LogP contribution < -0.4 is 0 Å². The van der Waals surface area contributed by atoms with Crippen molar-refractivity contribution in [1.29, 1.82) is 0 Å². The third-order valence-electron chi connectivity index (χ3n) is 4.77. The number of hydrogen-bond acceptors (Lipinski definition) is 3. The van der Waals surface area contributed by atoms with Crippen LogP contribution in [0.2, 0.25) is 0 Å². The van der Waals surface area contributed by atoms with E-state index < -0.39 is 6.10 Å². The standard InChI is InChI=1S/C17H24N2O2/c1-3-19-15-8-5-4-7-14(15)18-16(19)11-13(20)12-17(21-2)9-6-10-17/h4-5,7-8,13,20H,3,6,9-12H2,1-2H3. The molecule has 1 saturated carbocycles. The minimum Gasteiger partial charge on any atom is -0.393 e. The summed E-state index contributed by atoms with van der Waals surface area (Å²) in [6.45, 7) is 2.99. The van der Waals surface area contributed by atoms with Gasteiger partial charge in [-0.3, -0.25) is 0 Å². The lowest BCUT2D eigenvalue weighted by molar-refractivity contribution is -0.0991. The first-order chi connectivity index (χ1) is 10.2. The SMILES string of the molecule is CCn1c(CC(O)CC2(OC)CCC2)nc2ccccc21. The predicted octanol–water partition coefficient (Wildman–Crippen LogP) is 2.92. The smallest absolute Gasteiger partial charge is 0.112 e. The maximum atomic E-state index is 10.4. The fourth-order valence-electron chi connectivity index (χ4n) is 3.41. The second kappa shape index (κ2) is 5.78. The molecule has 0 saturated heterocycles. The van der Waals surface area contributed by atoms with Gasteiger partial charge in [-0.1, -0.05) is 12.1 Å². The van der Waals surface area contributed by atoms with Crippen LogP contribution in [-0.2, 0) is 17.7 Å². The van der Waals surface area contributed by atoms with Gasteiger partial charge in [0.25, 0.3) is 0 Å². The zero-order chi connectivity index (χ0) is 14.9. The highest BCUT2D eigenvalue weighted by Gasteiger charge is 2.38. The van der Waals surface area contributed by atoms with Crippen LogP contribution in [-0.4, -0.2) is 33.5 Å². The van der Waals surface area contributed by atoms with Crippen LogP contribution in [0, 0.1) is 0 Å². The van der Waals surface area contributed by atoms with Gasteiger partial charge in [0.1, 0.15) is 5.82 Å². The number of rotatable bonds is 6. The van der Waals surface area contributed by atoms with Gasteiger partial charge in [-0.2, -0.15) is 0 Å². The number of fused-ring (bicyclic) bond motifs is 1. The fraction of sp³-hybridized carbons (Fsp3) is 0.588. The van der Waals surface area contributed by atoms with E-state index in [2.05, 4.69) is 22.5 Å². The second-order valence-electron chi connectivity index (χ2n) is 6.06. The van der Waals surface area contributed by atoms with E-state index in [0.29, 0.717) is 12.8 Å². The number of para-hydroxylation sites is 2. The molecule has 3 rings (SSSR count). The summed E-state index contributed by atoms with van der Waals surface area (Å²) in [5, 5.41) is 10.4. The molecule has 2 aromatic rings. The second-order valence-corrected chi connectivity index (χ2v) is 6.06. The molecule has 1 unspecified atom stereocenters. The Morgan fingerprint density at radius 2 is 2.14 bits per heavy atom. The van der Waals surface area contributed by atoms with Crippen molar-refractivity contribution in [3.05, 3.63) is 30.1 Å². The number of aliphatic hydroxyl groups excluding tert-OH is 1. The van der Waals surface area contributed by atoms with Crippen LogP contribution in [0.4, 0.5) is 0 Å². The third kappa shape index (κ3) is 2.70. The Kier molecular flexibility index (Phi) is 4.00. The van der Waals surface area contributed by atoms with Crippen molar-refractivity contribution in [1.82, 2.24) is 9.55 Å². The van der Waals surface area contributed by atoms with Gasteiger partial charge >= 0.3 is 0 Å². The number of nitrogens with zero attached hydrogens (tertiary/aromatic N) is 2. The van der Waals surface area contributed by atoms with E-state index in [1.54, 1.807) is 7.11 Å². The molecular formula is C17H24N2O2. The summed E-state index contributed by atoms with van der Waals surface area (Å²) >= 11 is 0. The van der Waals surface area contributed by atoms with E-state index in [1.807, 2.05) is 18.2 Å². The predicted molar refractivity (Wildman–Crippen MR) is 83.3 cm³/mol. The molecule has 1 heterocycles. The largest absolute Gasteiger partial charge is 0.393 e. The van der Waals surface area contributed by atoms with E-state index in [-0.39, 0.29) is 5.60 Å². The first kappa shape index (κ1) is 14.5. The molecule has 1 aromatic heterocycles. The van der Waals surface area contributed by atoms with Gasteiger partial charge in [-0.05, 0) is 38.3 Å². The highest BCUT2D eigenvalue weighted by atomic mass is 16.5. The lowest BCUT2D eigenvalue weighted by atomic mass is 9.76. The van der Waals surface area contributed by atoms with Gasteiger partial charge in [0, 0.05) is 26.5 Å². The van der Waals surface area contributed by atoms with E-state index in [1.165, 1.54) is 6.42 Å². The lowest BCUT2D eigenvalue weighted by Crippen LogP contribution is -2.42. The van der Waals surface area contributed by atoms with Crippen molar-refractivity contribution >= 4 is 11.0 Å². The first-order valence-corrected chi connectivity index (χ1v) is 7.85. The van der Waals surface area contributed by atoms with Crippen molar-refractivity contribution < 1.29 is 9.84 Å². The molecule has 0 radical (unpaired) electrons. The Labute approximate surface area is 125 Å². The van der Waals surface area contributed by atoms with Crippen molar-refractivity contribution in [3.8, 4) is 0 Å². The maximum absolute atomic E-state index is 10.4. The quantitative estimate of drug-likeness (QED) is 0.889. The highest BCUT2D eigenvalue weighted by molar-refractivity contribution is 5.75. The summed E-state index contributed by atoms with van der Waals surface area (Å²) in [7, 11) is 1.76. The Hall–Kier alpha value is -1.39. The monoisotopic (exact) mass is 288 g/mol. The Morgan fingerprint density at radius 3 is 2.76 bits per heavy atom.